The first kappa shape index (κ1) is 13.2. The van der Waals surface area contributed by atoms with Crippen molar-refractivity contribution < 1.29 is 9.90 Å². The minimum absolute atomic E-state index is 0.174. The average molecular weight is 294 g/mol. The van der Waals surface area contributed by atoms with Gasteiger partial charge < -0.3 is 5.11 Å². The summed E-state index contributed by atoms with van der Waals surface area (Å²) < 4.78 is 1.28. The van der Waals surface area contributed by atoms with Crippen molar-refractivity contribution in [2.24, 2.45) is 5.92 Å². The van der Waals surface area contributed by atoms with Crippen LogP contribution in [0.5, 0.6) is 0 Å². The molecule has 2 aromatic heterocycles. The molecule has 0 bridgehead atoms. The van der Waals surface area contributed by atoms with Crippen molar-refractivity contribution in [3.05, 3.63) is 27.6 Å². The van der Waals surface area contributed by atoms with Crippen molar-refractivity contribution in [2.75, 3.05) is 13.1 Å². The first-order chi connectivity index (χ1) is 9.61. The van der Waals surface area contributed by atoms with Crippen LogP contribution in [-0.2, 0) is 11.3 Å². The Balaban J connectivity index is 1.71. The van der Waals surface area contributed by atoms with Crippen molar-refractivity contribution in [1.82, 2.24) is 19.5 Å². The van der Waals surface area contributed by atoms with Gasteiger partial charge in [0.15, 0.2) is 0 Å². The lowest BCUT2D eigenvalue weighted by Gasteiger charge is -2.14. The van der Waals surface area contributed by atoms with Crippen LogP contribution in [-0.4, -0.2) is 43.7 Å². The number of fused-ring (bicyclic) bond motifs is 1. The van der Waals surface area contributed by atoms with Gasteiger partial charge >= 0.3 is 5.97 Å². The molecule has 106 valence electrons. The summed E-state index contributed by atoms with van der Waals surface area (Å²) in [5.41, 5.74) is 2.13. The molecular weight excluding hydrogens is 280 g/mol. The Hall–Kier alpha value is -1.80. The largest absolute Gasteiger partial charge is 0.481 e. The molecule has 1 fully saturated rings. The molecule has 8 heteroatoms. The van der Waals surface area contributed by atoms with E-state index in [0.29, 0.717) is 11.5 Å². The van der Waals surface area contributed by atoms with Gasteiger partial charge in [0, 0.05) is 25.6 Å². The van der Waals surface area contributed by atoms with Crippen LogP contribution in [0.2, 0.25) is 0 Å². The molecule has 0 saturated carbocycles. The second-order valence-electron chi connectivity index (χ2n) is 5.01. The van der Waals surface area contributed by atoms with E-state index in [1.807, 2.05) is 0 Å². The molecule has 0 spiro atoms. The van der Waals surface area contributed by atoms with Gasteiger partial charge in [-0.2, -0.15) is 9.61 Å². The van der Waals surface area contributed by atoms with Gasteiger partial charge in [0.1, 0.15) is 5.51 Å². The smallest absolute Gasteiger partial charge is 0.303 e. The van der Waals surface area contributed by atoms with E-state index in [-0.39, 0.29) is 17.9 Å². The van der Waals surface area contributed by atoms with Crippen molar-refractivity contribution in [2.45, 2.75) is 19.4 Å². The molecule has 1 saturated heterocycles. The highest BCUT2D eigenvalue weighted by Gasteiger charge is 2.24. The molecule has 1 atom stereocenters. The summed E-state index contributed by atoms with van der Waals surface area (Å²) in [5.74, 6) is -0.556. The number of aromatic nitrogens is 3. The number of carboxylic acids is 1. The zero-order valence-corrected chi connectivity index (χ0v) is 11.5. The maximum Gasteiger partial charge on any atom is 0.303 e. The third-order valence-corrected chi connectivity index (χ3v) is 4.13. The molecule has 7 nitrogen and oxygen atoms in total. The van der Waals surface area contributed by atoms with E-state index in [4.69, 9.17) is 5.11 Å². The summed E-state index contributed by atoms with van der Waals surface area (Å²) in [6.07, 6.45) is 1.09. The lowest BCUT2D eigenvalue weighted by atomic mass is 10.1. The zero-order valence-electron chi connectivity index (χ0n) is 10.7. The molecule has 2 aromatic rings. The van der Waals surface area contributed by atoms with Crippen LogP contribution in [0.4, 0.5) is 0 Å². The Morgan fingerprint density at radius 2 is 2.40 bits per heavy atom. The summed E-state index contributed by atoms with van der Waals surface area (Å²) in [6.45, 7) is 2.18. The fraction of sp³-hybridized carbons (Fsp3) is 0.500. The minimum atomic E-state index is -0.751. The van der Waals surface area contributed by atoms with Gasteiger partial charge in [-0.1, -0.05) is 11.3 Å². The molecule has 1 aliphatic heterocycles. The average Bonchev–Trinajstić information content (AvgIpc) is 2.98. The van der Waals surface area contributed by atoms with Gasteiger partial charge in [-0.15, -0.1) is 0 Å². The molecule has 0 aliphatic carbocycles. The molecule has 0 amide bonds. The Bertz CT molecular complexity index is 695. The normalized spacial score (nSPS) is 19.7. The molecule has 3 heterocycles. The second-order valence-corrected chi connectivity index (χ2v) is 5.82. The van der Waals surface area contributed by atoms with Gasteiger partial charge in [0.25, 0.3) is 5.56 Å². The van der Waals surface area contributed by atoms with Gasteiger partial charge in [0.05, 0.1) is 5.69 Å². The molecule has 1 unspecified atom stereocenters. The van der Waals surface area contributed by atoms with Crippen molar-refractivity contribution in [3.8, 4) is 0 Å². The van der Waals surface area contributed by atoms with E-state index in [1.54, 1.807) is 5.51 Å². The summed E-state index contributed by atoms with van der Waals surface area (Å²) in [6, 6.07) is 1.50. The minimum Gasteiger partial charge on any atom is -0.481 e. The van der Waals surface area contributed by atoms with Crippen LogP contribution in [0, 0.1) is 5.92 Å². The van der Waals surface area contributed by atoms with E-state index < -0.39 is 5.97 Å². The summed E-state index contributed by atoms with van der Waals surface area (Å²) in [7, 11) is 0. The number of likely N-dealkylation sites (tertiary alicyclic amines) is 1. The highest BCUT2D eigenvalue weighted by Crippen LogP contribution is 2.21. The Morgan fingerprint density at radius 3 is 3.20 bits per heavy atom. The van der Waals surface area contributed by atoms with Crippen molar-refractivity contribution >= 4 is 22.3 Å². The first-order valence-electron chi connectivity index (χ1n) is 6.38. The molecule has 3 rings (SSSR count). The van der Waals surface area contributed by atoms with Gasteiger partial charge in [-0.3, -0.25) is 14.5 Å². The maximum atomic E-state index is 11.8. The van der Waals surface area contributed by atoms with E-state index in [0.717, 1.165) is 25.2 Å². The van der Waals surface area contributed by atoms with E-state index in [2.05, 4.69) is 15.0 Å². The Kier molecular flexibility index (Phi) is 3.49. The lowest BCUT2D eigenvalue weighted by Crippen LogP contribution is -2.23. The number of hydrogen-bond acceptors (Lipinski definition) is 6. The van der Waals surface area contributed by atoms with Crippen molar-refractivity contribution in [1.29, 1.82) is 0 Å². The maximum absolute atomic E-state index is 11.8. The van der Waals surface area contributed by atoms with Crippen LogP contribution in [0.1, 0.15) is 18.5 Å². The van der Waals surface area contributed by atoms with Crippen LogP contribution in [0.25, 0.3) is 4.96 Å². The number of hydrogen-bond donors (Lipinski definition) is 1. The standard InChI is InChI=1S/C12H14N4O3S/c17-10-4-9(14-12-16(10)13-7-20-12)6-15-2-1-8(5-15)3-11(18)19/h4,7-8H,1-3,5-6H2,(H,18,19). The zero-order chi connectivity index (χ0) is 14.1. The number of carboxylic acid groups (broad SMARTS) is 1. The van der Waals surface area contributed by atoms with E-state index >= 15 is 0 Å². The Morgan fingerprint density at radius 1 is 1.55 bits per heavy atom. The molecule has 0 aromatic carbocycles. The molecule has 20 heavy (non-hydrogen) atoms. The first-order valence-corrected chi connectivity index (χ1v) is 7.26. The highest BCUT2D eigenvalue weighted by atomic mass is 32.1. The van der Waals surface area contributed by atoms with Gasteiger partial charge in [0.2, 0.25) is 4.96 Å². The fourth-order valence-corrected chi connectivity index (χ4v) is 3.22. The number of aliphatic carboxylic acids is 1. The van der Waals surface area contributed by atoms with Crippen molar-refractivity contribution in [3.63, 3.8) is 0 Å². The number of carbonyl (C=O) groups is 1. The third-order valence-electron chi connectivity index (χ3n) is 3.46. The SMILES string of the molecule is O=C(O)CC1CCN(Cc2cc(=O)n3ncsc3n2)C1. The lowest BCUT2D eigenvalue weighted by molar-refractivity contribution is -0.138. The summed E-state index contributed by atoms with van der Waals surface area (Å²) in [4.78, 5) is 29.7. The molecule has 0 radical (unpaired) electrons. The predicted octanol–water partition coefficient (Wildman–Crippen LogP) is 0.448. The third kappa shape index (κ3) is 2.70. The molecule has 1 N–H and O–H groups in total. The van der Waals surface area contributed by atoms with Gasteiger partial charge in [-0.25, -0.2) is 4.98 Å². The monoisotopic (exact) mass is 294 g/mol. The van der Waals surface area contributed by atoms with Crippen LogP contribution >= 0.6 is 11.3 Å². The fourth-order valence-electron chi connectivity index (χ4n) is 2.58. The highest BCUT2D eigenvalue weighted by molar-refractivity contribution is 7.14. The van der Waals surface area contributed by atoms with Crippen LogP contribution in [0.3, 0.4) is 0 Å². The molecular formula is C12H14N4O3S. The number of nitrogens with zero attached hydrogens (tertiary/aromatic N) is 4. The second kappa shape index (κ2) is 5.29. The summed E-state index contributed by atoms with van der Waals surface area (Å²) >= 11 is 1.33. The molecule has 1 aliphatic rings. The van der Waals surface area contributed by atoms with E-state index in [1.165, 1.54) is 21.9 Å². The van der Waals surface area contributed by atoms with Crippen LogP contribution in [0.15, 0.2) is 16.4 Å². The van der Waals surface area contributed by atoms with Gasteiger partial charge in [-0.05, 0) is 18.9 Å². The van der Waals surface area contributed by atoms with Crippen LogP contribution < -0.4 is 5.56 Å². The number of rotatable bonds is 4. The summed E-state index contributed by atoms with van der Waals surface area (Å²) in [5, 5.41) is 12.7. The quantitative estimate of drug-likeness (QED) is 0.880. The predicted molar refractivity (Wildman–Crippen MR) is 72.8 cm³/mol. The topological polar surface area (TPSA) is 87.8 Å². The Labute approximate surface area is 118 Å². The van der Waals surface area contributed by atoms with E-state index in [9.17, 15) is 9.59 Å².